The zero-order valence-electron chi connectivity index (χ0n) is 20.3. The summed E-state index contributed by atoms with van der Waals surface area (Å²) in [5, 5.41) is 7.22. The van der Waals surface area contributed by atoms with Crippen molar-refractivity contribution < 1.29 is 9.53 Å². The number of nitrogens with one attached hydrogen (secondary N) is 2. The maximum atomic E-state index is 12.8. The summed E-state index contributed by atoms with van der Waals surface area (Å²) in [7, 11) is 0. The number of fused-ring (bicyclic) bond motifs is 1. The lowest BCUT2D eigenvalue weighted by Crippen LogP contribution is -2.36. The number of carbonyl (C=O) groups is 1. The molecule has 1 aliphatic rings. The van der Waals surface area contributed by atoms with Crippen LogP contribution in [0.4, 0.5) is 11.4 Å². The van der Waals surface area contributed by atoms with Gasteiger partial charge in [0.2, 0.25) is 0 Å². The highest BCUT2D eigenvalue weighted by Gasteiger charge is 2.20. The van der Waals surface area contributed by atoms with Crippen LogP contribution in [0, 0.1) is 5.92 Å². The van der Waals surface area contributed by atoms with Gasteiger partial charge in [0.1, 0.15) is 5.75 Å². The van der Waals surface area contributed by atoms with Gasteiger partial charge in [-0.2, -0.15) is 0 Å². The molecule has 34 heavy (non-hydrogen) atoms. The van der Waals surface area contributed by atoms with Gasteiger partial charge in [-0.3, -0.25) is 9.78 Å². The van der Waals surface area contributed by atoms with E-state index < -0.39 is 0 Å². The van der Waals surface area contributed by atoms with E-state index in [2.05, 4.69) is 27.4 Å². The lowest BCUT2D eigenvalue weighted by molar-refractivity contribution is 0.0956. The second kappa shape index (κ2) is 11.8. The molecule has 0 aliphatic carbocycles. The Hall–Kier alpha value is -3.12. The molecule has 2 heterocycles. The van der Waals surface area contributed by atoms with Gasteiger partial charge in [0.05, 0.1) is 23.4 Å². The third-order valence-electron chi connectivity index (χ3n) is 6.49. The molecule has 0 unspecified atom stereocenters. The van der Waals surface area contributed by atoms with Gasteiger partial charge >= 0.3 is 0 Å². The SMILES string of the molecule is CCCCN1CCC(COc2ccc3ncc(C(=O)NCC)c(Nc4ccccc4)c3c2)CC1. The molecule has 0 spiro atoms. The average molecular weight is 461 g/mol. The number of piperidine rings is 1. The summed E-state index contributed by atoms with van der Waals surface area (Å²) in [6.07, 6.45) is 6.54. The summed E-state index contributed by atoms with van der Waals surface area (Å²) in [6, 6.07) is 15.8. The molecule has 180 valence electrons. The molecule has 0 atom stereocenters. The molecular weight excluding hydrogens is 424 g/mol. The molecule has 2 aromatic carbocycles. The van der Waals surface area contributed by atoms with Gasteiger partial charge in [0.25, 0.3) is 5.91 Å². The highest BCUT2D eigenvalue weighted by atomic mass is 16.5. The van der Waals surface area contributed by atoms with Crippen molar-refractivity contribution in [2.45, 2.75) is 39.5 Å². The van der Waals surface area contributed by atoms with Crippen LogP contribution in [0.2, 0.25) is 0 Å². The molecule has 6 heteroatoms. The van der Waals surface area contributed by atoms with Gasteiger partial charge in [-0.15, -0.1) is 0 Å². The highest BCUT2D eigenvalue weighted by Crippen LogP contribution is 2.32. The largest absolute Gasteiger partial charge is 0.493 e. The first kappa shape index (κ1) is 24.0. The monoisotopic (exact) mass is 460 g/mol. The van der Waals surface area contributed by atoms with E-state index in [1.54, 1.807) is 6.20 Å². The molecule has 2 N–H and O–H groups in total. The lowest BCUT2D eigenvalue weighted by Gasteiger charge is -2.31. The zero-order valence-corrected chi connectivity index (χ0v) is 20.3. The van der Waals surface area contributed by atoms with E-state index in [0.29, 0.717) is 18.0 Å². The number of benzene rings is 2. The van der Waals surface area contributed by atoms with Crippen molar-refractivity contribution >= 4 is 28.2 Å². The number of hydrogen-bond acceptors (Lipinski definition) is 5. The number of nitrogens with zero attached hydrogens (tertiary/aromatic N) is 2. The number of unbranched alkanes of at least 4 members (excludes halogenated alkanes) is 1. The van der Waals surface area contributed by atoms with E-state index in [4.69, 9.17) is 4.74 Å². The average Bonchev–Trinajstić information content (AvgIpc) is 2.87. The lowest BCUT2D eigenvalue weighted by atomic mass is 9.97. The van der Waals surface area contributed by atoms with E-state index in [1.807, 2.05) is 55.5 Å². The summed E-state index contributed by atoms with van der Waals surface area (Å²) < 4.78 is 6.25. The number of aromatic nitrogens is 1. The molecule has 1 amide bonds. The third-order valence-corrected chi connectivity index (χ3v) is 6.49. The van der Waals surface area contributed by atoms with Crippen molar-refractivity contribution in [3.05, 3.63) is 60.3 Å². The Morgan fingerprint density at radius 1 is 1.12 bits per heavy atom. The van der Waals surface area contributed by atoms with E-state index in [-0.39, 0.29) is 5.91 Å². The Kier molecular flexibility index (Phi) is 8.36. The molecule has 1 aromatic heterocycles. The molecule has 1 saturated heterocycles. The minimum Gasteiger partial charge on any atom is -0.493 e. The van der Waals surface area contributed by atoms with Crippen LogP contribution >= 0.6 is 0 Å². The van der Waals surface area contributed by atoms with Crippen LogP contribution in [-0.2, 0) is 0 Å². The zero-order chi connectivity index (χ0) is 23.8. The van der Waals surface area contributed by atoms with E-state index in [9.17, 15) is 4.79 Å². The quantitative estimate of drug-likeness (QED) is 0.411. The fraction of sp³-hybridized carbons (Fsp3) is 0.429. The Labute approximate surface area is 202 Å². The number of ether oxygens (including phenoxy) is 1. The van der Waals surface area contributed by atoms with Crippen LogP contribution in [0.25, 0.3) is 10.9 Å². The Morgan fingerprint density at radius 2 is 1.91 bits per heavy atom. The molecule has 0 radical (unpaired) electrons. The van der Waals surface area contributed by atoms with Crippen molar-refractivity contribution in [3.63, 3.8) is 0 Å². The smallest absolute Gasteiger partial charge is 0.254 e. The number of carbonyl (C=O) groups excluding carboxylic acids is 1. The van der Waals surface area contributed by atoms with E-state index in [1.165, 1.54) is 32.2 Å². The van der Waals surface area contributed by atoms with Gasteiger partial charge in [0, 0.05) is 23.8 Å². The van der Waals surface area contributed by atoms with E-state index in [0.717, 1.165) is 47.7 Å². The number of amides is 1. The van der Waals surface area contributed by atoms with Crippen LogP contribution < -0.4 is 15.4 Å². The minimum absolute atomic E-state index is 0.142. The number of para-hydroxylation sites is 1. The fourth-order valence-corrected chi connectivity index (χ4v) is 4.46. The minimum atomic E-state index is -0.142. The van der Waals surface area contributed by atoms with Gasteiger partial charge in [0.15, 0.2) is 0 Å². The van der Waals surface area contributed by atoms with Crippen LogP contribution in [0.1, 0.15) is 49.9 Å². The highest BCUT2D eigenvalue weighted by molar-refractivity contribution is 6.08. The van der Waals surface area contributed by atoms with E-state index >= 15 is 0 Å². The van der Waals surface area contributed by atoms with Gasteiger partial charge < -0.3 is 20.3 Å². The maximum Gasteiger partial charge on any atom is 0.254 e. The van der Waals surface area contributed by atoms with Crippen molar-refractivity contribution in [1.29, 1.82) is 0 Å². The molecule has 3 aromatic rings. The summed E-state index contributed by atoms with van der Waals surface area (Å²) in [6.45, 7) is 8.98. The van der Waals surface area contributed by atoms with Gasteiger partial charge in [-0.25, -0.2) is 0 Å². The molecule has 1 aliphatic heterocycles. The van der Waals surface area contributed by atoms with Crippen LogP contribution in [0.15, 0.2) is 54.7 Å². The molecule has 0 saturated carbocycles. The first-order valence-corrected chi connectivity index (χ1v) is 12.6. The number of pyridine rings is 1. The van der Waals surface area contributed by atoms with Crippen LogP contribution in [0.3, 0.4) is 0 Å². The molecular formula is C28H36N4O2. The second-order valence-corrected chi connectivity index (χ2v) is 9.03. The van der Waals surface area contributed by atoms with Gasteiger partial charge in [-0.1, -0.05) is 31.5 Å². The normalized spacial score (nSPS) is 14.8. The number of anilines is 2. The van der Waals surface area contributed by atoms with Gasteiger partial charge in [-0.05, 0) is 82.1 Å². The Morgan fingerprint density at radius 3 is 2.65 bits per heavy atom. The number of likely N-dealkylation sites (tertiary alicyclic amines) is 1. The third kappa shape index (κ3) is 6.06. The summed E-state index contributed by atoms with van der Waals surface area (Å²) in [4.78, 5) is 19.9. The van der Waals surface area contributed by atoms with Crippen molar-refractivity contribution in [2.75, 3.05) is 38.1 Å². The standard InChI is InChI=1S/C28H36N4O2/c1-3-5-15-32-16-13-21(14-17-32)20-34-23-11-12-26-24(18-23)27(31-22-9-7-6-8-10-22)25(19-30-26)28(33)29-4-2/h6-12,18-19,21H,3-5,13-17,20H2,1-2H3,(H,29,33)(H,30,31). The molecule has 1 fully saturated rings. The van der Waals surface area contributed by atoms with Crippen molar-refractivity contribution in [2.24, 2.45) is 5.92 Å². The van der Waals surface area contributed by atoms with Crippen LogP contribution in [-0.4, -0.2) is 48.6 Å². The fourth-order valence-electron chi connectivity index (χ4n) is 4.46. The second-order valence-electron chi connectivity index (χ2n) is 9.03. The Bertz CT molecular complexity index is 1080. The summed E-state index contributed by atoms with van der Waals surface area (Å²) in [5.74, 6) is 1.25. The summed E-state index contributed by atoms with van der Waals surface area (Å²) >= 11 is 0. The molecule has 6 nitrogen and oxygen atoms in total. The first-order chi connectivity index (χ1) is 16.7. The van der Waals surface area contributed by atoms with Crippen molar-refractivity contribution in [1.82, 2.24) is 15.2 Å². The molecule has 0 bridgehead atoms. The van der Waals surface area contributed by atoms with Crippen LogP contribution in [0.5, 0.6) is 5.75 Å². The molecule has 4 rings (SSSR count). The predicted octanol–water partition coefficient (Wildman–Crippen LogP) is 5.62. The summed E-state index contributed by atoms with van der Waals surface area (Å²) in [5.41, 5.74) is 3.01. The number of rotatable bonds is 10. The maximum absolute atomic E-state index is 12.8. The predicted molar refractivity (Wildman–Crippen MR) is 139 cm³/mol. The number of hydrogen-bond donors (Lipinski definition) is 2. The topological polar surface area (TPSA) is 66.5 Å². The Balaban J connectivity index is 1.53. The first-order valence-electron chi connectivity index (χ1n) is 12.6. The van der Waals surface area contributed by atoms with Crippen molar-refractivity contribution in [3.8, 4) is 5.75 Å².